The summed E-state index contributed by atoms with van der Waals surface area (Å²) in [4.78, 5) is 23.5. The number of ether oxygens (including phenoxy) is 1. The van der Waals surface area contributed by atoms with Crippen molar-refractivity contribution in [1.82, 2.24) is 0 Å². The molecule has 0 saturated heterocycles. The maximum Gasteiger partial charge on any atom is 0.323 e. The molecule has 7 heteroatoms. The maximum atomic E-state index is 12.5. The van der Waals surface area contributed by atoms with Crippen LogP contribution >= 0.6 is 0 Å². The Bertz CT molecular complexity index is 669. The third-order valence-electron chi connectivity index (χ3n) is 5.81. The lowest BCUT2D eigenvalue weighted by Gasteiger charge is -2.19. The molecule has 1 aromatic rings. The van der Waals surface area contributed by atoms with E-state index in [1.807, 2.05) is 6.07 Å². The number of primary amides is 1. The van der Waals surface area contributed by atoms with Gasteiger partial charge in [0.25, 0.3) is 0 Å². The Labute approximate surface area is 195 Å². The largest absolute Gasteiger partial charge is 0.474 e. The van der Waals surface area contributed by atoms with E-state index in [1.54, 1.807) is 6.26 Å². The number of carbonyl (C=O) groups excluding carboxylic acids is 2. The van der Waals surface area contributed by atoms with Crippen molar-refractivity contribution >= 4 is 25.3 Å². The number of hydrogen-bond donors (Lipinski definition) is 2. The van der Waals surface area contributed by atoms with Crippen molar-refractivity contribution in [3.05, 3.63) is 17.9 Å². The summed E-state index contributed by atoms with van der Waals surface area (Å²) in [6, 6.07) is 1.19. The molecule has 0 spiro atoms. The third-order valence-corrected chi connectivity index (χ3v) is 7.55. The molecule has 1 aromatic heterocycles. The smallest absolute Gasteiger partial charge is 0.323 e. The minimum Gasteiger partial charge on any atom is -0.474 e. The highest BCUT2D eigenvalue weighted by Crippen LogP contribution is 2.26. The second-order valence-corrected chi connectivity index (χ2v) is 15.0. The van der Waals surface area contributed by atoms with E-state index in [-0.39, 0.29) is 18.9 Å². The summed E-state index contributed by atoms with van der Waals surface area (Å²) in [6.45, 7) is 8.91. The van der Waals surface area contributed by atoms with Gasteiger partial charge in [0.1, 0.15) is 20.2 Å². The number of hydrogen-bond acceptors (Lipinski definition) is 5. The maximum absolute atomic E-state index is 12.5. The Hall–Kier alpha value is -1.60. The molecule has 6 nitrogen and oxygen atoms in total. The summed E-state index contributed by atoms with van der Waals surface area (Å²) in [5, 5.41) is 0.995. The van der Waals surface area contributed by atoms with Crippen LogP contribution in [0.2, 0.25) is 19.6 Å². The molecule has 0 aromatic carbocycles. The predicted molar refractivity (Wildman–Crippen MR) is 133 cm³/mol. The molecular formula is C25H46N2O4Si. The molecule has 1 rings (SSSR count). The van der Waals surface area contributed by atoms with Crippen molar-refractivity contribution in [2.45, 2.75) is 122 Å². The summed E-state index contributed by atoms with van der Waals surface area (Å²) < 4.78 is 11.6. The Kier molecular flexibility index (Phi) is 13.6. The molecule has 2 atom stereocenters. The number of nitrogens with two attached hydrogens (primary N) is 2. The van der Waals surface area contributed by atoms with Gasteiger partial charge in [0.2, 0.25) is 5.91 Å². The van der Waals surface area contributed by atoms with Crippen LogP contribution in [-0.2, 0) is 14.3 Å². The number of carbonyl (C=O) groups is 2. The van der Waals surface area contributed by atoms with E-state index in [9.17, 15) is 9.59 Å². The molecule has 0 aliphatic rings. The second-order valence-electron chi connectivity index (χ2n) is 10.0. The first-order valence-electron chi connectivity index (χ1n) is 12.5. The van der Waals surface area contributed by atoms with Gasteiger partial charge < -0.3 is 20.6 Å². The molecule has 0 radical (unpaired) electrons. The van der Waals surface area contributed by atoms with Crippen molar-refractivity contribution < 1.29 is 18.7 Å². The van der Waals surface area contributed by atoms with E-state index in [1.165, 1.54) is 51.4 Å². The van der Waals surface area contributed by atoms with E-state index in [0.717, 1.165) is 30.2 Å². The van der Waals surface area contributed by atoms with Crippen LogP contribution in [0.15, 0.2) is 16.7 Å². The predicted octanol–water partition coefficient (Wildman–Crippen LogP) is 5.31. The number of unbranched alkanes of at least 4 members (excludes halogenated alkanes) is 9. The minimum absolute atomic E-state index is 0.0743. The highest BCUT2D eigenvalue weighted by Gasteiger charge is 2.26. The van der Waals surface area contributed by atoms with Crippen LogP contribution < -0.4 is 16.9 Å². The van der Waals surface area contributed by atoms with Crippen molar-refractivity contribution in [2.24, 2.45) is 11.5 Å². The van der Waals surface area contributed by atoms with Crippen molar-refractivity contribution in [3.8, 4) is 0 Å². The number of esters is 1. The zero-order valence-electron chi connectivity index (χ0n) is 20.8. The Morgan fingerprint density at radius 3 is 2.03 bits per heavy atom. The van der Waals surface area contributed by atoms with Gasteiger partial charge >= 0.3 is 5.97 Å². The second kappa shape index (κ2) is 15.3. The molecule has 1 unspecified atom stereocenters. The fraction of sp³-hybridized carbons (Fsp3) is 0.760. The third kappa shape index (κ3) is 11.9. The zero-order valence-corrected chi connectivity index (χ0v) is 21.8. The first-order chi connectivity index (χ1) is 15.1. The lowest BCUT2D eigenvalue weighted by molar-refractivity contribution is -0.151. The van der Waals surface area contributed by atoms with Gasteiger partial charge in [-0.25, -0.2) is 0 Å². The Morgan fingerprint density at radius 2 is 1.53 bits per heavy atom. The fourth-order valence-corrected chi connectivity index (χ4v) is 4.68. The van der Waals surface area contributed by atoms with Crippen LogP contribution in [0.3, 0.4) is 0 Å². The summed E-state index contributed by atoms with van der Waals surface area (Å²) in [5.41, 5.74) is 12.0. The standard InChI is InChI=1S/C25H46N2O4Si/c1-5-6-7-8-9-10-11-12-13-14-15-22(20-18-24(30-19-20)32(2,3)4)31-25(29)21(26)16-17-23(27)28/h18-19,21-22H,5-17,26H2,1-4H3,(H2,27,28)/t21-,22?/m0/s1. The van der Waals surface area contributed by atoms with E-state index in [2.05, 4.69) is 26.6 Å². The average Bonchev–Trinajstić information content (AvgIpc) is 3.23. The van der Waals surface area contributed by atoms with Gasteiger partial charge in [-0.15, -0.1) is 0 Å². The normalized spacial score (nSPS) is 13.7. The van der Waals surface area contributed by atoms with E-state index in [4.69, 9.17) is 20.6 Å². The minimum atomic E-state index is -1.59. The van der Waals surface area contributed by atoms with Crippen LogP contribution in [0.4, 0.5) is 0 Å². The lowest BCUT2D eigenvalue weighted by atomic mass is 10.0. The first kappa shape index (κ1) is 28.4. The average molecular weight is 467 g/mol. The van der Waals surface area contributed by atoms with E-state index < -0.39 is 26.0 Å². The first-order valence-corrected chi connectivity index (χ1v) is 16.0. The Morgan fingerprint density at radius 1 is 0.969 bits per heavy atom. The highest BCUT2D eigenvalue weighted by atomic mass is 28.3. The number of rotatable bonds is 18. The molecule has 0 aliphatic carbocycles. The van der Waals surface area contributed by atoms with Crippen molar-refractivity contribution in [2.75, 3.05) is 0 Å². The Balaban J connectivity index is 2.55. The number of amides is 1. The van der Waals surface area contributed by atoms with Gasteiger partial charge in [-0.05, 0) is 25.3 Å². The summed E-state index contributed by atoms with van der Waals surface area (Å²) >= 11 is 0. The van der Waals surface area contributed by atoms with Gasteiger partial charge in [-0.1, -0.05) is 84.4 Å². The molecule has 1 heterocycles. The summed E-state index contributed by atoms with van der Waals surface area (Å²) in [6.07, 6.45) is 14.9. The molecular weight excluding hydrogens is 420 g/mol. The summed E-state index contributed by atoms with van der Waals surface area (Å²) in [7, 11) is -1.59. The quantitative estimate of drug-likeness (QED) is 0.173. The molecule has 0 saturated carbocycles. The zero-order chi connectivity index (χ0) is 24.0. The molecule has 32 heavy (non-hydrogen) atoms. The van der Waals surface area contributed by atoms with Gasteiger partial charge in [0.05, 0.1) is 11.6 Å². The SMILES string of the molecule is CCCCCCCCCCCCC(OC(=O)[C@@H](N)CCC(N)=O)c1coc([Si](C)(C)C)c1. The van der Waals surface area contributed by atoms with Crippen LogP contribution in [0.5, 0.6) is 0 Å². The lowest BCUT2D eigenvalue weighted by Crippen LogP contribution is -2.36. The van der Waals surface area contributed by atoms with E-state index in [0.29, 0.717) is 0 Å². The van der Waals surface area contributed by atoms with Gasteiger partial charge in [-0.2, -0.15) is 0 Å². The molecule has 4 N–H and O–H groups in total. The van der Waals surface area contributed by atoms with Gasteiger partial charge in [0.15, 0.2) is 0 Å². The van der Waals surface area contributed by atoms with Gasteiger partial charge in [0, 0.05) is 12.0 Å². The molecule has 0 bridgehead atoms. The van der Waals surface area contributed by atoms with Crippen LogP contribution in [0, 0.1) is 0 Å². The topological polar surface area (TPSA) is 109 Å². The van der Waals surface area contributed by atoms with Crippen LogP contribution in [-0.4, -0.2) is 26.0 Å². The van der Waals surface area contributed by atoms with Gasteiger partial charge in [-0.3, -0.25) is 9.59 Å². The van der Waals surface area contributed by atoms with Crippen LogP contribution in [0.1, 0.15) is 102 Å². The van der Waals surface area contributed by atoms with E-state index >= 15 is 0 Å². The van der Waals surface area contributed by atoms with Crippen molar-refractivity contribution in [1.29, 1.82) is 0 Å². The molecule has 0 fully saturated rings. The monoisotopic (exact) mass is 466 g/mol. The highest BCUT2D eigenvalue weighted by molar-refractivity contribution is 6.87. The van der Waals surface area contributed by atoms with Crippen LogP contribution in [0.25, 0.3) is 0 Å². The van der Waals surface area contributed by atoms with Crippen molar-refractivity contribution in [3.63, 3.8) is 0 Å². The molecule has 1 amide bonds. The fourth-order valence-electron chi connectivity index (χ4n) is 3.67. The number of furan rings is 1. The summed E-state index contributed by atoms with van der Waals surface area (Å²) in [5.74, 6) is -0.955. The molecule has 184 valence electrons. The molecule has 0 aliphatic heterocycles.